The van der Waals surface area contributed by atoms with Gasteiger partial charge in [-0.05, 0) is 5.92 Å². The number of hydrogen-bond donors (Lipinski definition) is 3. The van der Waals surface area contributed by atoms with Crippen LogP contribution in [-0.2, 0) is 29.0 Å². The Morgan fingerprint density at radius 2 is 2.08 bits per heavy atom. The predicted molar refractivity (Wildman–Crippen MR) is 89.6 cm³/mol. The number of rotatable bonds is 8. The van der Waals surface area contributed by atoms with Gasteiger partial charge in [0.05, 0.1) is 6.61 Å². The topological polar surface area (TPSA) is 131 Å². The Balaban J connectivity index is 2.62. The van der Waals surface area contributed by atoms with E-state index in [9.17, 15) is 14.4 Å². The molecule has 1 amide bonds. The standard InChI is InChI=1S/C15H23N5O5/c1-9(2)8-20-13-12(14(22)17-15(20)23)19(6-7-25-3)10(16-13)4-5-11(21)18-24/h9,24H,4-8H2,1-3H3,(H,18,21)(H,17,22,23). The van der Waals surface area contributed by atoms with Crippen LogP contribution in [0.25, 0.3) is 11.2 Å². The number of fused-ring (bicyclic) bond motifs is 1. The summed E-state index contributed by atoms with van der Waals surface area (Å²) in [6.07, 6.45) is 0.208. The second-order valence-corrected chi connectivity index (χ2v) is 6.14. The van der Waals surface area contributed by atoms with E-state index in [1.165, 1.54) is 11.7 Å². The van der Waals surface area contributed by atoms with Gasteiger partial charge in [0.15, 0.2) is 11.2 Å². The average molecular weight is 353 g/mol. The first-order chi connectivity index (χ1) is 11.9. The molecule has 0 saturated carbocycles. The third kappa shape index (κ3) is 4.15. The third-order valence-corrected chi connectivity index (χ3v) is 3.73. The summed E-state index contributed by atoms with van der Waals surface area (Å²) in [6, 6.07) is 0. The molecule has 2 rings (SSSR count). The zero-order valence-electron chi connectivity index (χ0n) is 14.5. The van der Waals surface area contributed by atoms with Gasteiger partial charge in [-0.1, -0.05) is 13.8 Å². The molecule has 0 aromatic carbocycles. The van der Waals surface area contributed by atoms with E-state index in [0.29, 0.717) is 25.5 Å². The smallest absolute Gasteiger partial charge is 0.330 e. The monoisotopic (exact) mass is 353 g/mol. The number of imidazole rings is 1. The van der Waals surface area contributed by atoms with Crippen molar-refractivity contribution < 1.29 is 14.7 Å². The lowest BCUT2D eigenvalue weighted by Gasteiger charge is -2.09. The molecule has 10 heteroatoms. The number of methoxy groups -OCH3 is 1. The van der Waals surface area contributed by atoms with Crippen molar-refractivity contribution in [2.75, 3.05) is 13.7 Å². The lowest BCUT2D eigenvalue weighted by molar-refractivity contribution is -0.129. The average Bonchev–Trinajstić information content (AvgIpc) is 2.93. The largest absolute Gasteiger partial charge is 0.383 e. The molecule has 0 aliphatic heterocycles. The number of ether oxygens (including phenoxy) is 1. The van der Waals surface area contributed by atoms with Crippen LogP contribution in [0.1, 0.15) is 26.1 Å². The van der Waals surface area contributed by atoms with Gasteiger partial charge in [0.25, 0.3) is 5.56 Å². The molecule has 2 aromatic rings. The first kappa shape index (κ1) is 18.9. The van der Waals surface area contributed by atoms with Gasteiger partial charge < -0.3 is 9.30 Å². The van der Waals surface area contributed by atoms with E-state index in [-0.39, 0.29) is 29.9 Å². The van der Waals surface area contributed by atoms with Crippen LogP contribution in [0.5, 0.6) is 0 Å². The molecule has 0 unspecified atom stereocenters. The summed E-state index contributed by atoms with van der Waals surface area (Å²) in [7, 11) is 1.54. The van der Waals surface area contributed by atoms with E-state index < -0.39 is 17.2 Å². The molecule has 2 heterocycles. The molecular weight excluding hydrogens is 330 g/mol. The number of amides is 1. The summed E-state index contributed by atoms with van der Waals surface area (Å²) >= 11 is 0. The fourth-order valence-electron chi connectivity index (χ4n) is 2.65. The van der Waals surface area contributed by atoms with E-state index in [1.54, 1.807) is 10.0 Å². The molecule has 138 valence electrons. The molecule has 2 aromatic heterocycles. The predicted octanol–water partition coefficient (Wildman–Crippen LogP) is -0.373. The van der Waals surface area contributed by atoms with Crippen LogP contribution < -0.4 is 16.7 Å². The maximum Gasteiger partial charge on any atom is 0.330 e. The summed E-state index contributed by atoms with van der Waals surface area (Å²) in [4.78, 5) is 42.6. The van der Waals surface area contributed by atoms with Crippen molar-refractivity contribution in [2.45, 2.75) is 39.8 Å². The molecular formula is C15H23N5O5. The summed E-state index contributed by atoms with van der Waals surface area (Å²) in [6.45, 7) is 5.01. The van der Waals surface area contributed by atoms with Gasteiger partial charge in [0.1, 0.15) is 5.82 Å². The molecule has 0 saturated heterocycles. The number of carbonyl (C=O) groups is 1. The van der Waals surface area contributed by atoms with Crippen molar-refractivity contribution in [1.29, 1.82) is 0 Å². The second kappa shape index (κ2) is 8.08. The number of H-pyrrole nitrogens is 1. The number of hydrogen-bond acceptors (Lipinski definition) is 6. The second-order valence-electron chi connectivity index (χ2n) is 6.14. The number of nitrogens with zero attached hydrogens (tertiary/aromatic N) is 3. The minimum atomic E-state index is -0.557. The number of aromatic nitrogens is 4. The molecule has 0 fully saturated rings. The van der Waals surface area contributed by atoms with E-state index >= 15 is 0 Å². The van der Waals surface area contributed by atoms with Gasteiger partial charge in [-0.25, -0.2) is 15.3 Å². The Labute approximate surface area is 143 Å². The molecule has 3 N–H and O–H groups in total. The highest BCUT2D eigenvalue weighted by Crippen LogP contribution is 2.14. The Kier molecular flexibility index (Phi) is 6.10. The van der Waals surface area contributed by atoms with Gasteiger partial charge >= 0.3 is 5.69 Å². The fourth-order valence-corrected chi connectivity index (χ4v) is 2.65. The molecule has 0 atom stereocenters. The van der Waals surface area contributed by atoms with Crippen molar-refractivity contribution in [2.24, 2.45) is 5.92 Å². The Morgan fingerprint density at radius 1 is 1.36 bits per heavy atom. The number of carbonyl (C=O) groups excluding carboxylic acids is 1. The van der Waals surface area contributed by atoms with E-state index in [2.05, 4.69) is 9.97 Å². The van der Waals surface area contributed by atoms with Crippen molar-refractivity contribution in [3.63, 3.8) is 0 Å². The maximum absolute atomic E-state index is 12.3. The normalized spacial score (nSPS) is 11.4. The number of nitrogens with one attached hydrogen (secondary N) is 2. The summed E-state index contributed by atoms with van der Waals surface area (Å²) < 4.78 is 8.16. The molecule has 0 bridgehead atoms. The van der Waals surface area contributed by atoms with E-state index in [4.69, 9.17) is 9.94 Å². The van der Waals surface area contributed by atoms with Gasteiger partial charge in [-0.15, -0.1) is 0 Å². The van der Waals surface area contributed by atoms with Crippen LogP contribution in [0.4, 0.5) is 0 Å². The van der Waals surface area contributed by atoms with Crippen LogP contribution >= 0.6 is 0 Å². The molecule has 0 aliphatic carbocycles. The highest BCUT2D eigenvalue weighted by Gasteiger charge is 2.19. The quantitative estimate of drug-likeness (QED) is 0.438. The van der Waals surface area contributed by atoms with Crippen LogP contribution in [0, 0.1) is 5.92 Å². The maximum atomic E-state index is 12.3. The summed E-state index contributed by atoms with van der Waals surface area (Å²) in [5.41, 5.74) is 1.09. The SMILES string of the molecule is COCCn1c(CCC(=O)NO)nc2c1c(=O)[nH]c(=O)n2CC(C)C. The highest BCUT2D eigenvalue weighted by molar-refractivity contribution is 5.75. The Morgan fingerprint density at radius 3 is 2.68 bits per heavy atom. The van der Waals surface area contributed by atoms with Gasteiger partial charge in [0, 0.05) is 33.0 Å². The lowest BCUT2D eigenvalue weighted by atomic mass is 10.2. The molecule has 25 heavy (non-hydrogen) atoms. The molecule has 0 spiro atoms. The molecule has 0 radical (unpaired) electrons. The summed E-state index contributed by atoms with van der Waals surface area (Å²) in [5, 5.41) is 8.64. The van der Waals surface area contributed by atoms with Crippen molar-refractivity contribution in [3.8, 4) is 0 Å². The Bertz CT molecular complexity index is 864. The van der Waals surface area contributed by atoms with Gasteiger partial charge in [-0.2, -0.15) is 0 Å². The van der Waals surface area contributed by atoms with Gasteiger partial charge in [0.2, 0.25) is 5.91 Å². The number of hydroxylamine groups is 1. The van der Waals surface area contributed by atoms with Crippen molar-refractivity contribution >= 4 is 17.1 Å². The van der Waals surface area contributed by atoms with Crippen molar-refractivity contribution in [3.05, 3.63) is 26.7 Å². The number of aryl methyl sites for hydroxylation is 1. The van der Waals surface area contributed by atoms with Crippen LogP contribution in [0.2, 0.25) is 0 Å². The zero-order valence-corrected chi connectivity index (χ0v) is 14.5. The van der Waals surface area contributed by atoms with Crippen molar-refractivity contribution in [1.82, 2.24) is 24.6 Å². The third-order valence-electron chi connectivity index (χ3n) is 3.73. The summed E-state index contributed by atoms with van der Waals surface area (Å²) in [5.74, 6) is 0.0997. The van der Waals surface area contributed by atoms with Gasteiger partial charge in [-0.3, -0.25) is 24.3 Å². The Hall–Kier alpha value is -2.46. The van der Waals surface area contributed by atoms with Crippen LogP contribution in [0.15, 0.2) is 9.59 Å². The molecule has 10 nitrogen and oxygen atoms in total. The minimum Gasteiger partial charge on any atom is -0.383 e. The van der Waals surface area contributed by atoms with Crippen LogP contribution in [0.3, 0.4) is 0 Å². The first-order valence-corrected chi connectivity index (χ1v) is 8.03. The number of aromatic amines is 1. The molecule has 0 aliphatic rings. The van der Waals surface area contributed by atoms with E-state index in [0.717, 1.165) is 0 Å². The van der Waals surface area contributed by atoms with Crippen LogP contribution in [-0.4, -0.2) is 43.9 Å². The lowest BCUT2D eigenvalue weighted by Crippen LogP contribution is -2.32. The van der Waals surface area contributed by atoms with E-state index in [1.807, 2.05) is 13.8 Å². The fraction of sp³-hybridized carbons (Fsp3) is 0.600. The highest BCUT2D eigenvalue weighted by atomic mass is 16.5. The zero-order chi connectivity index (χ0) is 18.6. The minimum absolute atomic E-state index is 0.000872. The first-order valence-electron chi connectivity index (χ1n) is 8.03.